The molecule has 1 N–H and O–H groups in total. The lowest BCUT2D eigenvalue weighted by atomic mass is 10.1. The fraction of sp³-hybridized carbons (Fsp3) is 0.316. The number of pyridine rings is 1. The molecule has 0 aliphatic rings. The van der Waals surface area contributed by atoms with E-state index in [0.717, 1.165) is 12.8 Å². The third-order valence-electron chi connectivity index (χ3n) is 3.69. The van der Waals surface area contributed by atoms with Gasteiger partial charge in [0, 0.05) is 30.5 Å². The van der Waals surface area contributed by atoms with Crippen LogP contribution in [0.25, 0.3) is 0 Å². The van der Waals surface area contributed by atoms with Crippen LogP contribution in [0.1, 0.15) is 47.5 Å². The number of rotatable bonds is 7. The van der Waals surface area contributed by atoms with E-state index in [-0.39, 0.29) is 16.6 Å². The zero-order valence-electron chi connectivity index (χ0n) is 14.8. The Labute approximate surface area is 157 Å². The largest absolute Gasteiger partial charge is 0.339 e. The number of carbonyl (C=O) groups is 2. The fourth-order valence-electron chi connectivity index (χ4n) is 2.49. The maximum absolute atomic E-state index is 13.2. The van der Waals surface area contributed by atoms with Crippen molar-refractivity contribution in [2.24, 2.45) is 0 Å². The second-order valence-corrected chi connectivity index (χ2v) is 6.21. The van der Waals surface area contributed by atoms with Gasteiger partial charge < -0.3 is 10.2 Å². The number of amides is 2. The number of hydrogen-bond acceptors (Lipinski definition) is 3. The summed E-state index contributed by atoms with van der Waals surface area (Å²) in [5.41, 5.74) is 0.854. The number of carbonyl (C=O) groups excluding carboxylic acids is 2. The molecule has 0 fully saturated rings. The molecule has 0 bridgehead atoms. The molecule has 138 valence electrons. The minimum absolute atomic E-state index is 0.0885. The van der Waals surface area contributed by atoms with Gasteiger partial charge in [0.05, 0.1) is 5.02 Å². The van der Waals surface area contributed by atoms with E-state index in [1.807, 2.05) is 13.8 Å². The van der Waals surface area contributed by atoms with Crippen LogP contribution in [0, 0.1) is 5.82 Å². The lowest BCUT2D eigenvalue weighted by Crippen LogP contribution is -2.32. The van der Waals surface area contributed by atoms with Gasteiger partial charge in [-0.05, 0) is 43.2 Å². The van der Waals surface area contributed by atoms with Crippen molar-refractivity contribution in [2.45, 2.75) is 26.7 Å². The predicted molar refractivity (Wildman–Crippen MR) is 100 cm³/mol. The number of nitrogens with zero attached hydrogens (tertiary/aromatic N) is 2. The van der Waals surface area contributed by atoms with Gasteiger partial charge in [-0.25, -0.2) is 4.39 Å². The van der Waals surface area contributed by atoms with Gasteiger partial charge in [-0.2, -0.15) is 0 Å². The van der Waals surface area contributed by atoms with Crippen LogP contribution in [0.5, 0.6) is 0 Å². The van der Waals surface area contributed by atoms with Gasteiger partial charge in [0.2, 0.25) is 0 Å². The summed E-state index contributed by atoms with van der Waals surface area (Å²) < 4.78 is 13.2. The summed E-state index contributed by atoms with van der Waals surface area (Å²) in [7, 11) is 0. The molecule has 0 aliphatic heterocycles. The summed E-state index contributed by atoms with van der Waals surface area (Å²) in [5, 5.41) is 2.51. The van der Waals surface area contributed by atoms with E-state index < -0.39 is 11.7 Å². The summed E-state index contributed by atoms with van der Waals surface area (Å²) in [6, 6.07) is 6.93. The van der Waals surface area contributed by atoms with E-state index in [2.05, 4.69) is 10.3 Å². The first kappa shape index (κ1) is 19.8. The van der Waals surface area contributed by atoms with Gasteiger partial charge in [0.25, 0.3) is 11.8 Å². The van der Waals surface area contributed by atoms with E-state index in [1.165, 1.54) is 30.5 Å². The van der Waals surface area contributed by atoms with E-state index >= 15 is 0 Å². The van der Waals surface area contributed by atoms with Crippen molar-refractivity contribution in [1.29, 1.82) is 0 Å². The average molecular weight is 378 g/mol. The maximum Gasteiger partial charge on any atom is 0.274 e. The van der Waals surface area contributed by atoms with Gasteiger partial charge in [0.15, 0.2) is 0 Å². The van der Waals surface area contributed by atoms with E-state index in [0.29, 0.717) is 24.3 Å². The monoisotopic (exact) mass is 377 g/mol. The lowest BCUT2D eigenvalue weighted by molar-refractivity contribution is 0.0755. The Bertz CT molecular complexity index is 792. The third kappa shape index (κ3) is 5.02. The van der Waals surface area contributed by atoms with E-state index in [9.17, 15) is 14.0 Å². The van der Waals surface area contributed by atoms with Crippen LogP contribution in [0.2, 0.25) is 5.02 Å². The van der Waals surface area contributed by atoms with E-state index in [4.69, 9.17) is 11.6 Å². The normalized spacial score (nSPS) is 10.5. The molecule has 2 rings (SSSR count). The van der Waals surface area contributed by atoms with Gasteiger partial charge in [-0.15, -0.1) is 0 Å². The second-order valence-electron chi connectivity index (χ2n) is 5.80. The van der Waals surface area contributed by atoms with E-state index in [1.54, 1.807) is 11.0 Å². The topological polar surface area (TPSA) is 62.3 Å². The Morgan fingerprint density at radius 3 is 2.46 bits per heavy atom. The highest BCUT2D eigenvalue weighted by molar-refractivity contribution is 6.31. The van der Waals surface area contributed by atoms with Crippen LogP contribution in [0.4, 0.5) is 10.1 Å². The summed E-state index contributed by atoms with van der Waals surface area (Å²) in [6.07, 6.45) is 3.14. The molecular formula is C19H21ClFN3O2. The maximum atomic E-state index is 13.2. The highest BCUT2D eigenvalue weighted by Crippen LogP contribution is 2.20. The highest BCUT2D eigenvalue weighted by atomic mass is 35.5. The molecule has 1 aromatic carbocycles. The molecule has 0 aliphatic carbocycles. The number of aromatic nitrogens is 1. The summed E-state index contributed by atoms with van der Waals surface area (Å²) >= 11 is 5.71. The van der Waals surface area contributed by atoms with Crippen LogP contribution >= 0.6 is 11.6 Å². The SMILES string of the molecule is CCCN(CCC)C(=O)c1ccnc(C(=O)Nc2ccc(F)c(Cl)c2)c1. The van der Waals surface area contributed by atoms with Gasteiger partial charge >= 0.3 is 0 Å². The molecule has 0 saturated heterocycles. The predicted octanol–water partition coefficient (Wildman–Crippen LogP) is 4.39. The van der Waals surface area contributed by atoms with Crippen LogP contribution < -0.4 is 5.32 Å². The van der Waals surface area contributed by atoms with Crippen molar-refractivity contribution in [3.8, 4) is 0 Å². The Morgan fingerprint density at radius 2 is 1.85 bits per heavy atom. The molecule has 0 spiro atoms. The number of hydrogen-bond donors (Lipinski definition) is 1. The first-order chi connectivity index (χ1) is 12.5. The van der Waals surface area contributed by atoms with Crippen molar-refractivity contribution >= 4 is 29.1 Å². The van der Waals surface area contributed by atoms with Crippen LogP contribution in [0.15, 0.2) is 36.5 Å². The zero-order chi connectivity index (χ0) is 19.1. The quantitative estimate of drug-likeness (QED) is 0.778. The van der Waals surface area contributed by atoms with Gasteiger partial charge in [-0.1, -0.05) is 25.4 Å². The molecule has 1 aromatic heterocycles. The Hall–Kier alpha value is -2.47. The number of halogens is 2. The molecule has 0 radical (unpaired) electrons. The summed E-state index contributed by atoms with van der Waals surface area (Å²) in [5.74, 6) is -1.20. The highest BCUT2D eigenvalue weighted by Gasteiger charge is 2.17. The lowest BCUT2D eigenvalue weighted by Gasteiger charge is -2.21. The van der Waals surface area contributed by atoms with Crippen LogP contribution in [0.3, 0.4) is 0 Å². The number of nitrogens with one attached hydrogen (secondary N) is 1. The average Bonchev–Trinajstić information content (AvgIpc) is 2.64. The molecule has 7 heteroatoms. The number of benzene rings is 1. The molecule has 2 aromatic rings. The molecular weight excluding hydrogens is 357 g/mol. The second kappa shape index (κ2) is 9.29. The van der Waals surface area contributed by atoms with Crippen molar-refractivity contribution in [3.05, 3.63) is 58.6 Å². The van der Waals surface area contributed by atoms with Crippen molar-refractivity contribution < 1.29 is 14.0 Å². The smallest absolute Gasteiger partial charge is 0.274 e. The molecule has 0 saturated carbocycles. The molecule has 26 heavy (non-hydrogen) atoms. The Balaban J connectivity index is 2.17. The molecule has 0 atom stereocenters. The fourth-order valence-corrected chi connectivity index (χ4v) is 2.67. The Kier molecular flexibility index (Phi) is 7.09. The minimum Gasteiger partial charge on any atom is -0.339 e. The van der Waals surface area contributed by atoms with Crippen molar-refractivity contribution in [3.63, 3.8) is 0 Å². The summed E-state index contributed by atoms with van der Waals surface area (Å²) in [6.45, 7) is 5.33. The van der Waals surface area contributed by atoms with Crippen LogP contribution in [-0.4, -0.2) is 34.8 Å². The first-order valence-electron chi connectivity index (χ1n) is 8.48. The number of anilines is 1. The van der Waals surface area contributed by atoms with Crippen molar-refractivity contribution in [2.75, 3.05) is 18.4 Å². The van der Waals surface area contributed by atoms with Gasteiger partial charge in [-0.3, -0.25) is 14.6 Å². The molecule has 2 amide bonds. The van der Waals surface area contributed by atoms with Crippen molar-refractivity contribution in [1.82, 2.24) is 9.88 Å². The standard InChI is InChI=1S/C19H21ClFN3O2/c1-3-9-24(10-4-2)19(26)13-7-8-22-17(11-13)18(25)23-14-5-6-16(21)15(20)12-14/h5-8,11-12H,3-4,9-10H2,1-2H3,(H,23,25). The molecule has 5 nitrogen and oxygen atoms in total. The first-order valence-corrected chi connectivity index (χ1v) is 8.85. The molecule has 1 heterocycles. The van der Waals surface area contributed by atoms with Gasteiger partial charge in [0.1, 0.15) is 11.5 Å². The minimum atomic E-state index is -0.567. The summed E-state index contributed by atoms with van der Waals surface area (Å²) in [4.78, 5) is 30.8. The van der Waals surface area contributed by atoms with Crippen LogP contribution in [-0.2, 0) is 0 Å². The Morgan fingerprint density at radius 1 is 1.15 bits per heavy atom. The third-order valence-corrected chi connectivity index (χ3v) is 3.98. The molecule has 0 unspecified atom stereocenters. The zero-order valence-corrected chi connectivity index (χ0v) is 15.5.